The summed E-state index contributed by atoms with van der Waals surface area (Å²) in [7, 11) is 2.04. The van der Waals surface area contributed by atoms with Crippen LogP contribution in [0.5, 0.6) is 0 Å². The SMILES string of the molecule is CNC(c1snnc1C(C)C)C1CCOC2(CCOC2)C1. The van der Waals surface area contributed by atoms with E-state index in [4.69, 9.17) is 9.47 Å². The number of rotatable bonds is 4. The molecule has 118 valence electrons. The highest BCUT2D eigenvalue weighted by Gasteiger charge is 2.43. The Morgan fingerprint density at radius 1 is 1.38 bits per heavy atom. The van der Waals surface area contributed by atoms with Crippen molar-refractivity contribution in [3.8, 4) is 0 Å². The van der Waals surface area contributed by atoms with Crippen LogP contribution >= 0.6 is 11.5 Å². The molecule has 0 radical (unpaired) electrons. The van der Waals surface area contributed by atoms with Crippen LogP contribution in [-0.2, 0) is 9.47 Å². The second kappa shape index (κ2) is 6.28. The maximum atomic E-state index is 6.07. The first-order valence-corrected chi connectivity index (χ1v) is 8.64. The van der Waals surface area contributed by atoms with Gasteiger partial charge in [-0.15, -0.1) is 5.10 Å². The fourth-order valence-corrected chi connectivity index (χ4v) is 4.63. The molecule has 0 aliphatic carbocycles. The van der Waals surface area contributed by atoms with E-state index in [9.17, 15) is 0 Å². The molecule has 0 amide bonds. The summed E-state index contributed by atoms with van der Waals surface area (Å²) in [6, 6.07) is 0.323. The van der Waals surface area contributed by atoms with E-state index < -0.39 is 0 Å². The van der Waals surface area contributed by atoms with Gasteiger partial charge < -0.3 is 14.8 Å². The molecule has 0 bridgehead atoms. The van der Waals surface area contributed by atoms with E-state index in [1.807, 2.05) is 7.05 Å². The Bertz CT molecular complexity index is 471. The van der Waals surface area contributed by atoms with Crippen molar-refractivity contribution in [3.63, 3.8) is 0 Å². The van der Waals surface area contributed by atoms with Gasteiger partial charge in [0.25, 0.3) is 0 Å². The summed E-state index contributed by atoms with van der Waals surface area (Å²) >= 11 is 1.54. The summed E-state index contributed by atoms with van der Waals surface area (Å²) in [5.41, 5.74) is 1.09. The smallest absolute Gasteiger partial charge is 0.0940 e. The number of ether oxygens (including phenoxy) is 2. The molecule has 5 nitrogen and oxygen atoms in total. The first-order chi connectivity index (χ1) is 10.2. The van der Waals surface area contributed by atoms with Crippen LogP contribution in [0.2, 0.25) is 0 Å². The predicted octanol–water partition coefficient (Wildman–Crippen LogP) is 2.51. The fraction of sp³-hybridized carbons (Fsp3) is 0.867. The molecule has 3 heterocycles. The highest BCUT2D eigenvalue weighted by molar-refractivity contribution is 7.05. The number of nitrogens with one attached hydrogen (secondary N) is 1. The maximum absolute atomic E-state index is 6.07. The zero-order valence-electron chi connectivity index (χ0n) is 13.1. The second-order valence-electron chi connectivity index (χ2n) is 6.53. The molecule has 1 aromatic rings. The van der Waals surface area contributed by atoms with Crippen molar-refractivity contribution in [2.24, 2.45) is 5.92 Å². The van der Waals surface area contributed by atoms with Gasteiger partial charge >= 0.3 is 0 Å². The van der Waals surface area contributed by atoms with E-state index in [0.29, 0.717) is 17.9 Å². The van der Waals surface area contributed by atoms with Gasteiger partial charge in [0.05, 0.1) is 22.8 Å². The molecule has 3 atom stereocenters. The summed E-state index contributed by atoms with van der Waals surface area (Å²) in [5, 5.41) is 7.85. The van der Waals surface area contributed by atoms with Crippen LogP contribution in [0.25, 0.3) is 0 Å². The molecule has 1 aromatic heterocycles. The zero-order chi connectivity index (χ0) is 14.9. The van der Waals surface area contributed by atoms with E-state index >= 15 is 0 Å². The third-order valence-corrected chi connectivity index (χ3v) is 5.57. The molecule has 2 fully saturated rings. The molecule has 3 unspecified atom stereocenters. The van der Waals surface area contributed by atoms with Gasteiger partial charge in [-0.25, -0.2) is 0 Å². The van der Waals surface area contributed by atoms with Gasteiger partial charge in [-0.3, -0.25) is 0 Å². The molecule has 1 spiro atoms. The fourth-order valence-electron chi connectivity index (χ4n) is 3.61. The van der Waals surface area contributed by atoms with Crippen LogP contribution in [0.3, 0.4) is 0 Å². The number of aromatic nitrogens is 2. The third-order valence-electron chi connectivity index (χ3n) is 4.75. The Morgan fingerprint density at radius 3 is 2.90 bits per heavy atom. The number of hydrogen-bond donors (Lipinski definition) is 1. The third kappa shape index (κ3) is 2.99. The summed E-state index contributed by atoms with van der Waals surface area (Å²) in [6.45, 7) is 6.77. The Labute approximate surface area is 130 Å². The second-order valence-corrected chi connectivity index (χ2v) is 7.32. The highest BCUT2D eigenvalue weighted by Crippen LogP contribution is 2.42. The summed E-state index contributed by atoms with van der Waals surface area (Å²) in [4.78, 5) is 1.30. The molecule has 0 aromatic carbocycles. The molecular weight excluding hydrogens is 286 g/mol. The quantitative estimate of drug-likeness (QED) is 0.926. The van der Waals surface area contributed by atoms with Crippen LogP contribution in [0.15, 0.2) is 0 Å². The summed E-state index contributed by atoms with van der Waals surface area (Å²) in [6.07, 6.45) is 3.18. The van der Waals surface area contributed by atoms with Crippen LogP contribution in [0.1, 0.15) is 55.6 Å². The van der Waals surface area contributed by atoms with E-state index in [-0.39, 0.29) is 5.60 Å². The minimum Gasteiger partial charge on any atom is -0.378 e. The Hall–Kier alpha value is -0.560. The van der Waals surface area contributed by atoms with Gasteiger partial charge in [0.2, 0.25) is 0 Å². The molecule has 2 saturated heterocycles. The predicted molar refractivity (Wildman–Crippen MR) is 82.6 cm³/mol. The molecule has 2 aliphatic rings. The minimum absolute atomic E-state index is 0.0475. The zero-order valence-corrected chi connectivity index (χ0v) is 13.9. The van der Waals surface area contributed by atoms with E-state index in [1.165, 1.54) is 16.4 Å². The average molecular weight is 311 g/mol. The maximum Gasteiger partial charge on any atom is 0.0940 e. The molecule has 6 heteroatoms. The first-order valence-electron chi connectivity index (χ1n) is 7.86. The van der Waals surface area contributed by atoms with Crippen LogP contribution < -0.4 is 5.32 Å². The molecule has 2 aliphatic heterocycles. The van der Waals surface area contributed by atoms with Crippen molar-refractivity contribution in [3.05, 3.63) is 10.6 Å². The molecule has 3 rings (SSSR count). The molecule has 21 heavy (non-hydrogen) atoms. The number of nitrogens with zero attached hydrogens (tertiary/aromatic N) is 2. The van der Waals surface area contributed by atoms with Crippen molar-refractivity contribution in [2.75, 3.05) is 26.9 Å². The van der Waals surface area contributed by atoms with Gasteiger partial charge in [0, 0.05) is 25.7 Å². The number of hydrogen-bond acceptors (Lipinski definition) is 6. The lowest BCUT2D eigenvalue weighted by Crippen LogP contribution is -2.43. The molecule has 1 N–H and O–H groups in total. The van der Waals surface area contributed by atoms with E-state index in [1.54, 1.807) is 0 Å². The van der Waals surface area contributed by atoms with Crippen LogP contribution in [0, 0.1) is 5.92 Å². The normalized spacial score (nSPS) is 31.1. The monoisotopic (exact) mass is 311 g/mol. The van der Waals surface area contributed by atoms with Gasteiger partial charge in [-0.2, -0.15) is 0 Å². The van der Waals surface area contributed by atoms with Crippen molar-refractivity contribution in [1.29, 1.82) is 0 Å². The Kier molecular flexibility index (Phi) is 4.59. The van der Waals surface area contributed by atoms with Gasteiger partial charge in [-0.1, -0.05) is 18.3 Å². The largest absolute Gasteiger partial charge is 0.378 e. The van der Waals surface area contributed by atoms with Crippen LogP contribution in [-0.4, -0.2) is 42.1 Å². The van der Waals surface area contributed by atoms with Crippen molar-refractivity contribution < 1.29 is 9.47 Å². The lowest BCUT2D eigenvalue weighted by Gasteiger charge is -2.40. The lowest BCUT2D eigenvalue weighted by atomic mass is 9.80. The molecular formula is C15H25N3O2S. The summed E-state index contributed by atoms with van der Waals surface area (Å²) < 4.78 is 15.8. The van der Waals surface area contributed by atoms with E-state index in [0.717, 1.165) is 44.8 Å². The van der Waals surface area contributed by atoms with Crippen molar-refractivity contribution >= 4 is 11.5 Å². The Balaban J connectivity index is 1.80. The van der Waals surface area contributed by atoms with Gasteiger partial charge in [-0.05, 0) is 43.3 Å². The van der Waals surface area contributed by atoms with E-state index in [2.05, 4.69) is 28.8 Å². The topological polar surface area (TPSA) is 56.3 Å². The van der Waals surface area contributed by atoms with Gasteiger partial charge in [0.15, 0.2) is 0 Å². The summed E-state index contributed by atoms with van der Waals surface area (Å²) in [5.74, 6) is 0.975. The Morgan fingerprint density at radius 2 is 2.24 bits per heavy atom. The van der Waals surface area contributed by atoms with Crippen molar-refractivity contribution in [2.45, 2.75) is 50.7 Å². The van der Waals surface area contributed by atoms with Gasteiger partial charge in [0.1, 0.15) is 0 Å². The van der Waals surface area contributed by atoms with Crippen LogP contribution in [0.4, 0.5) is 0 Å². The highest BCUT2D eigenvalue weighted by atomic mass is 32.1. The standard InChI is InChI=1S/C15H25N3O2S/c1-10(2)12-14(21-18-17-12)13(16-3)11-4-6-20-15(8-11)5-7-19-9-15/h10-11,13,16H,4-9H2,1-3H3. The van der Waals surface area contributed by atoms with Crippen molar-refractivity contribution in [1.82, 2.24) is 14.9 Å². The lowest BCUT2D eigenvalue weighted by molar-refractivity contribution is -0.103. The first kappa shape index (κ1) is 15.3. The minimum atomic E-state index is -0.0475. The average Bonchev–Trinajstić information content (AvgIpc) is 3.10. The molecule has 0 saturated carbocycles.